The second kappa shape index (κ2) is 12.3. The fourth-order valence-electron chi connectivity index (χ4n) is 4.16. The highest BCUT2D eigenvalue weighted by atomic mass is 35.5. The van der Waals surface area contributed by atoms with Crippen LogP contribution in [0.3, 0.4) is 0 Å². The molecule has 2 heterocycles. The summed E-state index contributed by atoms with van der Waals surface area (Å²) in [5.74, 6) is -1.87. The van der Waals surface area contributed by atoms with E-state index in [2.05, 4.69) is 28.5 Å². The Morgan fingerprint density at radius 2 is 1.86 bits per heavy atom. The van der Waals surface area contributed by atoms with Crippen molar-refractivity contribution in [2.45, 2.75) is 50.5 Å². The molecule has 6 nitrogen and oxygen atoms in total. The lowest BCUT2D eigenvalue weighted by molar-refractivity contribution is -0.669. The highest BCUT2D eigenvalue weighted by molar-refractivity contribution is 8.03. The fourth-order valence-corrected chi connectivity index (χ4v) is 6.78. The molecule has 194 valence electrons. The molecular weight excluding hydrogens is 551 g/mol. The van der Waals surface area contributed by atoms with Crippen molar-refractivity contribution in [2.75, 3.05) is 11.4 Å². The van der Waals surface area contributed by atoms with E-state index in [1.807, 2.05) is 36.4 Å². The van der Waals surface area contributed by atoms with Crippen LogP contribution in [0.15, 0.2) is 58.0 Å². The molecule has 4 rings (SSSR count). The number of carboxylic acids is 2. The van der Waals surface area contributed by atoms with Gasteiger partial charge in [0.2, 0.25) is 5.52 Å². The van der Waals surface area contributed by atoms with Crippen LogP contribution in [0.4, 0.5) is 5.69 Å². The third kappa shape index (κ3) is 6.87. The number of carboxylic acid groups (broad SMARTS) is 2. The molecular formula is C27H26Cl2N2O4S2. The van der Waals surface area contributed by atoms with E-state index in [1.165, 1.54) is 0 Å². The maximum atomic E-state index is 11.1. The van der Waals surface area contributed by atoms with Crippen LogP contribution in [-0.4, -0.2) is 23.6 Å². The number of hydrogen-bond acceptors (Lipinski definition) is 6. The number of fused-ring (bicyclic) bond motifs is 2. The summed E-state index contributed by atoms with van der Waals surface area (Å²) in [7, 11) is 0. The Hall–Kier alpha value is -2.52. The Balaban J connectivity index is 1.70. The highest BCUT2D eigenvalue weighted by Gasteiger charge is 2.26. The van der Waals surface area contributed by atoms with Crippen LogP contribution < -0.4 is 14.6 Å². The smallest absolute Gasteiger partial charge is 0.303 e. The molecule has 0 unspecified atom stereocenters. The average molecular weight is 578 g/mol. The van der Waals surface area contributed by atoms with Gasteiger partial charge in [0, 0.05) is 52.4 Å². The molecule has 0 saturated heterocycles. The zero-order valence-electron chi connectivity index (χ0n) is 20.2. The van der Waals surface area contributed by atoms with Crippen LogP contribution in [0.25, 0.3) is 16.3 Å². The van der Waals surface area contributed by atoms with Crippen LogP contribution in [0.5, 0.6) is 0 Å². The van der Waals surface area contributed by atoms with Gasteiger partial charge in [0.05, 0.1) is 10.7 Å². The standard InChI is InChI=1S/C27H26Cl2N2O4S2/c1-2-17(13-24-30(11-3-5-26(32)33)20-15-18(28)7-9-22(20)36-24)14-25-31(12-4-6-27(34)35)21-16-19(29)8-10-23(21)37-25/h7-10,13-16H,2-6,11-12H2,1H3,(H-,32,33,34,35). The normalized spacial score (nSPS) is 14.5. The van der Waals surface area contributed by atoms with Gasteiger partial charge in [0.25, 0.3) is 5.01 Å². The Labute approximate surface area is 233 Å². The first-order valence-corrected chi connectivity index (χ1v) is 14.3. The molecule has 1 N–H and O–H groups in total. The van der Waals surface area contributed by atoms with Crippen molar-refractivity contribution >= 4 is 80.2 Å². The van der Waals surface area contributed by atoms with Crippen LogP contribution in [0.1, 0.15) is 44.0 Å². The Bertz CT molecular complexity index is 1400. The summed E-state index contributed by atoms with van der Waals surface area (Å²) < 4.78 is 3.18. The molecule has 1 aromatic heterocycles. The first-order chi connectivity index (χ1) is 17.7. The molecule has 0 radical (unpaired) electrons. The monoisotopic (exact) mass is 576 g/mol. The number of halogens is 2. The Kier molecular flexibility index (Phi) is 9.18. The van der Waals surface area contributed by atoms with Crippen molar-refractivity contribution in [1.82, 2.24) is 0 Å². The van der Waals surface area contributed by atoms with Gasteiger partial charge in [-0.15, -0.1) is 0 Å². The minimum absolute atomic E-state index is 0.0124. The number of aliphatic carboxylic acids is 2. The fraction of sp³-hybridized carbons (Fsp3) is 0.296. The van der Waals surface area contributed by atoms with Crippen LogP contribution in [-0.2, 0) is 16.1 Å². The van der Waals surface area contributed by atoms with E-state index in [-0.39, 0.29) is 12.8 Å². The quantitative estimate of drug-likeness (QED) is 0.276. The largest absolute Gasteiger partial charge is 0.550 e. The Morgan fingerprint density at radius 3 is 2.59 bits per heavy atom. The van der Waals surface area contributed by atoms with Crippen molar-refractivity contribution in [2.24, 2.45) is 0 Å². The second-order valence-electron chi connectivity index (χ2n) is 8.60. The molecule has 0 fully saturated rings. The summed E-state index contributed by atoms with van der Waals surface area (Å²) >= 11 is 15.8. The summed E-state index contributed by atoms with van der Waals surface area (Å²) in [6.07, 6.45) is 6.10. The number of anilines is 1. The first-order valence-electron chi connectivity index (χ1n) is 12.0. The molecule has 0 aliphatic carbocycles. The van der Waals surface area contributed by atoms with Gasteiger partial charge in [-0.05, 0) is 61.2 Å². The van der Waals surface area contributed by atoms with Crippen LogP contribution >= 0.6 is 46.3 Å². The number of thioether (sulfide) groups is 1. The summed E-state index contributed by atoms with van der Waals surface area (Å²) in [4.78, 5) is 25.3. The molecule has 1 aliphatic rings. The summed E-state index contributed by atoms with van der Waals surface area (Å²) in [6.45, 7) is 3.19. The van der Waals surface area contributed by atoms with Gasteiger partial charge in [0.15, 0.2) is 6.54 Å². The molecule has 37 heavy (non-hydrogen) atoms. The Morgan fingerprint density at radius 1 is 1.11 bits per heavy atom. The van der Waals surface area contributed by atoms with E-state index in [0.29, 0.717) is 36.0 Å². The molecule has 0 atom stereocenters. The van der Waals surface area contributed by atoms with Crippen LogP contribution in [0, 0.1) is 0 Å². The van der Waals surface area contributed by atoms with Crippen molar-refractivity contribution in [1.29, 1.82) is 0 Å². The van der Waals surface area contributed by atoms with Gasteiger partial charge >= 0.3 is 5.97 Å². The second-order valence-corrected chi connectivity index (χ2v) is 11.6. The molecule has 2 aromatic carbocycles. The van der Waals surface area contributed by atoms with Gasteiger partial charge in [-0.2, -0.15) is 4.57 Å². The molecule has 3 aromatic rings. The van der Waals surface area contributed by atoms with Crippen LogP contribution in [0.2, 0.25) is 10.0 Å². The van der Waals surface area contributed by atoms with Crippen molar-refractivity contribution in [3.63, 3.8) is 0 Å². The number of nitrogens with zero attached hydrogens (tertiary/aromatic N) is 2. The lowest BCUT2D eigenvalue weighted by atomic mass is 10.1. The molecule has 0 bridgehead atoms. The number of allylic oxidation sites excluding steroid dienone is 2. The van der Waals surface area contributed by atoms with Gasteiger partial charge in [-0.3, -0.25) is 4.79 Å². The number of carbonyl (C=O) groups excluding carboxylic acids is 1. The summed E-state index contributed by atoms with van der Waals surface area (Å²) in [6, 6.07) is 11.5. The number of benzene rings is 2. The number of thiazole rings is 1. The third-order valence-electron chi connectivity index (χ3n) is 5.95. The highest BCUT2D eigenvalue weighted by Crippen LogP contribution is 2.47. The predicted molar refractivity (Wildman–Crippen MR) is 149 cm³/mol. The zero-order valence-corrected chi connectivity index (χ0v) is 23.4. The molecule has 0 spiro atoms. The van der Waals surface area contributed by atoms with E-state index in [1.54, 1.807) is 23.1 Å². The van der Waals surface area contributed by atoms with E-state index in [9.17, 15) is 14.7 Å². The van der Waals surface area contributed by atoms with Gasteiger partial charge in [0.1, 0.15) is 4.70 Å². The predicted octanol–water partition coefficient (Wildman–Crippen LogP) is 6.14. The van der Waals surface area contributed by atoms with Crippen molar-refractivity contribution in [3.05, 3.63) is 68.1 Å². The van der Waals surface area contributed by atoms with Gasteiger partial charge in [-0.1, -0.05) is 53.2 Å². The number of carbonyl (C=O) groups is 2. The van der Waals surface area contributed by atoms with E-state index >= 15 is 0 Å². The van der Waals surface area contributed by atoms with Crippen molar-refractivity contribution < 1.29 is 24.4 Å². The maximum absolute atomic E-state index is 11.1. The first kappa shape index (κ1) is 27.5. The summed E-state index contributed by atoms with van der Waals surface area (Å²) in [5.41, 5.74) is 3.05. The molecule has 1 aliphatic heterocycles. The average Bonchev–Trinajstić information content (AvgIpc) is 3.35. The lowest BCUT2D eigenvalue weighted by Crippen LogP contribution is -2.36. The van der Waals surface area contributed by atoms with E-state index in [0.717, 1.165) is 42.8 Å². The molecule has 10 heteroatoms. The molecule has 0 amide bonds. The minimum Gasteiger partial charge on any atom is -0.550 e. The van der Waals surface area contributed by atoms with Gasteiger partial charge < -0.3 is 19.9 Å². The molecule has 0 saturated carbocycles. The number of hydrogen-bond donors (Lipinski definition) is 1. The number of aromatic nitrogens is 1. The SMILES string of the molecule is CCC(=Cc1sc2ccc(Cl)cc2[n+]1CCCC(=O)[O-])C=C1Sc2ccc(Cl)cc2N1CCCC(=O)O. The zero-order chi connectivity index (χ0) is 26.5. The third-order valence-corrected chi connectivity index (χ3v) is 8.64. The minimum atomic E-state index is -1.06. The number of aryl methyl sites for hydroxylation is 1. The van der Waals surface area contributed by atoms with Crippen molar-refractivity contribution in [3.8, 4) is 0 Å². The maximum Gasteiger partial charge on any atom is 0.303 e. The number of rotatable bonds is 11. The lowest BCUT2D eigenvalue weighted by Gasteiger charge is -2.20. The van der Waals surface area contributed by atoms with E-state index < -0.39 is 11.9 Å². The summed E-state index contributed by atoms with van der Waals surface area (Å²) in [5, 5.41) is 23.4. The topological polar surface area (TPSA) is 84.5 Å². The van der Waals surface area contributed by atoms with E-state index in [4.69, 9.17) is 28.3 Å². The van der Waals surface area contributed by atoms with Gasteiger partial charge in [-0.25, -0.2) is 0 Å².